The van der Waals surface area contributed by atoms with E-state index in [1.165, 1.54) is 0 Å². The molecule has 0 atom stereocenters. The van der Waals surface area contributed by atoms with E-state index < -0.39 is 0 Å². The van der Waals surface area contributed by atoms with Gasteiger partial charge in [-0.15, -0.1) is 11.6 Å². The molecule has 0 fully saturated rings. The van der Waals surface area contributed by atoms with Gasteiger partial charge in [0, 0.05) is 19.6 Å². The maximum absolute atomic E-state index is 5.41. The zero-order valence-corrected chi connectivity index (χ0v) is 5.95. The molecule has 0 saturated heterocycles. The average Bonchev–Trinajstić information content (AvgIpc) is 1.81. The van der Waals surface area contributed by atoms with E-state index in [1.807, 2.05) is 0 Å². The number of rotatable bonds is 5. The number of ether oxygens (including phenoxy) is 1. The summed E-state index contributed by atoms with van der Waals surface area (Å²) in [6.45, 7) is 0.816. The Kier molecular flexibility index (Phi) is 7.48. The SMILES string of the molecule is COCC[CH]CCCl. The van der Waals surface area contributed by atoms with Crippen LogP contribution in [-0.4, -0.2) is 19.6 Å². The van der Waals surface area contributed by atoms with E-state index in [2.05, 4.69) is 6.42 Å². The van der Waals surface area contributed by atoms with Crippen molar-refractivity contribution < 1.29 is 4.74 Å². The van der Waals surface area contributed by atoms with Crippen LogP contribution in [0.2, 0.25) is 0 Å². The van der Waals surface area contributed by atoms with Crippen LogP contribution >= 0.6 is 11.6 Å². The Balaban J connectivity index is 2.53. The summed E-state index contributed by atoms with van der Waals surface area (Å²) in [6, 6.07) is 0. The molecule has 0 aliphatic carbocycles. The fourth-order valence-electron chi connectivity index (χ4n) is 0.423. The molecule has 0 aromatic carbocycles. The minimum atomic E-state index is 0.726. The van der Waals surface area contributed by atoms with Crippen LogP contribution in [0.1, 0.15) is 12.8 Å². The predicted molar refractivity (Wildman–Crippen MR) is 36.1 cm³/mol. The third-order valence-electron chi connectivity index (χ3n) is 0.839. The molecule has 1 nitrogen and oxygen atoms in total. The highest BCUT2D eigenvalue weighted by Gasteiger charge is 1.84. The molecule has 0 spiro atoms. The summed E-state index contributed by atoms with van der Waals surface area (Å²) in [6.07, 6.45) is 4.14. The zero-order valence-electron chi connectivity index (χ0n) is 5.19. The number of hydrogen-bond donors (Lipinski definition) is 0. The van der Waals surface area contributed by atoms with Gasteiger partial charge in [0.25, 0.3) is 0 Å². The van der Waals surface area contributed by atoms with Gasteiger partial charge in [0.05, 0.1) is 0 Å². The Hall–Kier alpha value is 0.250. The van der Waals surface area contributed by atoms with Crippen LogP contribution in [-0.2, 0) is 4.74 Å². The van der Waals surface area contributed by atoms with Crippen LogP contribution in [0.4, 0.5) is 0 Å². The maximum atomic E-state index is 5.41. The van der Waals surface area contributed by atoms with Crippen molar-refractivity contribution in [3.8, 4) is 0 Å². The quantitative estimate of drug-likeness (QED) is 0.413. The van der Waals surface area contributed by atoms with Crippen molar-refractivity contribution in [2.75, 3.05) is 19.6 Å². The van der Waals surface area contributed by atoms with Crippen molar-refractivity contribution in [2.45, 2.75) is 12.8 Å². The molecule has 0 aromatic rings. The molecule has 0 aliphatic heterocycles. The average molecular weight is 136 g/mol. The second-order valence-corrected chi connectivity index (χ2v) is 1.93. The molecule has 0 aromatic heterocycles. The summed E-state index contributed by atoms with van der Waals surface area (Å²) in [5, 5.41) is 0. The minimum Gasteiger partial charge on any atom is -0.385 e. The summed E-state index contributed by atoms with van der Waals surface area (Å²) < 4.78 is 4.81. The lowest BCUT2D eigenvalue weighted by molar-refractivity contribution is 0.201. The van der Waals surface area contributed by atoms with Crippen molar-refractivity contribution >= 4 is 11.6 Å². The van der Waals surface area contributed by atoms with Gasteiger partial charge in [-0.3, -0.25) is 0 Å². The first-order valence-electron chi connectivity index (χ1n) is 2.78. The lowest BCUT2D eigenvalue weighted by Gasteiger charge is -1.94. The summed E-state index contributed by atoms with van der Waals surface area (Å²) in [5.41, 5.74) is 0. The van der Waals surface area contributed by atoms with Gasteiger partial charge >= 0.3 is 0 Å². The topological polar surface area (TPSA) is 9.23 Å². The highest BCUT2D eigenvalue weighted by molar-refractivity contribution is 6.17. The number of unbranched alkanes of at least 4 members (excludes halogenated alkanes) is 2. The standard InChI is InChI=1S/C6H12ClO/c1-8-6-4-2-3-5-7/h2H,3-6H2,1H3. The van der Waals surface area contributed by atoms with E-state index in [0.29, 0.717) is 0 Å². The van der Waals surface area contributed by atoms with Gasteiger partial charge < -0.3 is 4.74 Å². The monoisotopic (exact) mass is 135 g/mol. The normalized spacial score (nSPS) is 9.75. The second-order valence-electron chi connectivity index (χ2n) is 1.55. The molecule has 2 heteroatoms. The van der Waals surface area contributed by atoms with Crippen molar-refractivity contribution in [1.29, 1.82) is 0 Å². The molecule has 0 amide bonds. The van der Waals surface area contributed by atoms with E-state index in [-0.39, 0.29) is 0 Å². The Morgan fingerprint density at radius 2 is 2.25 bits per heavy atom. The summed E-state index contributed by atoms with van der Waals surface area (Å²) in [4.78, 5) is 0. The number of halogens is 1. The van der Waals surface area contributed by atoms with Gasteiger partial charge in [0.1, 0.15) is 0 Å². The molecule has 8 heavy (non-hydrogen) atoms. The molecule has 0 N–H and O–H groups in total. The molecule has 0 bridgehead atoms. The highest BCUT2D eigenvalue weighted by atomic mass is 35.5. The molecular weight excluding hydrogens is 124 g/mol. The lowest BCUT2D eigenvalue weighted by atomic mass is 10.3. The van der Waals surface area contributed by atoms with E-state index in [1.54, 1.807) is 7.11 Å². The van der Waals surface area contributed by atoms with Crippen LogP contribution in [0.15, 0.2) is 0 Å². The van der Waals surface area contributed by atoms with E-state index in [9.17, 15) is 0 Å². The molecular formula is C6H12ClO. The first kappa shape index (κ1) is 8.25. The van der Waals surface area contributed by atoms with Crippen LogP contribution in [0, 0.1) is 6.42 Å². The fraction of sp³-hybridized carbons (Fsp3) is 0.833. The van der Waals surface area contributed by atoms with E-state index in [0.717, 1.165) is 25.3 Å². The van der Waals surface area contributed by atoms with Crippen molar-refractivity contribution in [3.63, 3.8) is 0 Å². The van der Waals surface area contributed by atoms with Gasteiger partial charge in [-0.25, -0.2) is 0 Å². The smallest absolute Gasteiger partial charge is 0.0465 e. The summed E-state index contributed by atoms with van der Waals surface area (Å²) in [7, 11) is 1.70. The number of methoxy groups -OCH3 is 1. The van der Waals surface area contributed by atoms with Gasteiger partial charge in [0.2, 0.25) is 0 Å². The van der Waals surface area contributed by atoms with Crippen LogP contribution < -0.4 is 0 Å². The molecule has 0 aliphatic rings. The minimum absolute atomic E-state index is 0.726. The molecule has 49 valence electrons. The number of hydrogen-bond acceptors (Lipinski definition) is 1. The third kappa shape index (κ3) is 6.25. The first-order valence-corrected chi connectivity index (χ1v) is 3.32. The Morgan fingerprint density at radius 1 is 1.50 bits per heavy atom. The van der Waals surface area contributed by atoms with Gasteiger partial charge in [-0.1, -0.05) is 0 Å². The highest BCUT2D eigenvalue weighted by Crippen LogP contribution is 1.94. The second kappa shape index (κ2) is 7.25. The zero-order chi connectivity index (χ0) is 6.24. The lowest BCUT2D eigenvalue weighted by Crippen LogP contribution is -1.88. The molecule has 0 saturated carbocycles. The fourth-order valence-corrected chi connectivity index (χ4v) is 0.577. The summed E-state index contributed by atoms with van der Waals surface area (Å²) in [5.74, 6) is 0.726. The summed E-state index contributed by atoms with van der Waals surface area (Å²) >= 11 is 5.41. The van der Waals surface area contributed by atoms with Crippen molar-refractivity contribution in [1.82, 2.24) is 0 Å². The molecule has 0 heterocycles. The molecule has 1 radical (unpaired) electrons. The Morgan fingerprint density at radius 3 is 2.75 bits per heavy atom. The molecule has 0 unspecified atom stereocenters. The first-order chi connectivity index (χ1) is 3.91. The van der Waals surface area contributed by atoms with E-state index >= 15 is 0 Å². The van der Waals surface area contributed by atoms with Gasteiger partial charge in [-0.2, -0.15) is 0 Å². The van der Waals surface area contributed by atoms with Crippen molar-refractivity contribution in [3.05, 3.63) is 6.42 Å². The molecule has 0 rings (SSSR count). The maximum Gasteiger partial charge on any atom is 0.0465 e. The Bertz CT molecular complexity index is 33.5. The van der Waals surface area contributed by atoms with Crippen LogP contribution in [0.25, 0.3) is 0 Å². The third-order valence-corrected chi connectivity index (χ3v) is 1.06. The van der Waals surface area contributed by atoms with Crippen molar-refractivity contribution in [2.24, 2.45) is 0 Å². The van der Waals surface area contributed by atoms with E-state index in [4.69, 9.17) is 16.3 Å². The van der Waals surface area contributed by atoms with Gasteiger partial charge in [-0.05, 0) is 19.3 Å². The van der Waals surface area contributed by atoms with Crippen LogP contribution in [0.3, 0.4) is 0 Å². The van der Waals surface area contributed by atoms with Gasteiger partial charge in [0.15, 0.2) is 0 Å². The predicted octanol–water partition coefficient (Wildman–Crippen LogP) is 1.86. The number of alkyl halides is 1. The largest absolute Gasteiger partial charge is 0.385 e. The van der Waals surface area contributed by atoms with Crippen LogP contribution in [0.5, 0.6) is 0 Å². The Labute approximate surface area is 56.0 Å².